The number of nitrogens with one attached hydrogen (secondary N) is 1. The van der Waals surface area contributed by atoms with Crippen LogP contribution in [0.15, 0.2) is 72.2 Å². The first-order valence-corrected chi connectivity index (χ1v) is 8.41. The van der Waals surface area contributed by atoms with E-state index >= 15 is 0 Å². The minimum atomic E-state index is -0.160. The summed E-state index contributed by atoms with van der Waals surface area (Å²) in [5.41, 5.74) is 1.95. The molecule has 4 rings (SSSR count). The third kappa shape index (κ3) is 3.45. The van der Waals surface area contributed by atoms with Crippen molar-refractivity contribution in [3.05, 3.63) is 77.6 Å². The number of hydrogen-bond donors (Lipinski definition) is 1. The summed E-state index contributed by atoms with van der Waals surface area (Å²) in [5, 5.41) is 11.7. The minimum absolute atomic E-state index is 0.131. The van der Waals surface area contributed by atoms with Crippen molar-refractivity contribution in [3.8, 4) is 5.69 Å². The topological polar surface area (TPSA) is 94.7 Å². The molecule has 2 aromatic heterocycles. The smallest absolute Gasteiger partial charge is 0.226 e. The highest BCUT2D eigenvalue weighted by atomic mass is 16.1. The number of carbonyl (C=O) groups is 1. The van der Waals surface area contributed by atoms with Crippen LogP contribution in [0.5, 0.6) is 0 Å². The zero-order valence-electron chi connectivity index (χ0n) is 14.3. The predicted molar refractivity (Wildman–Crippen MR) is 101 cm³/mol. The maximum Gasteiger partial charge on any atom is 0.226 e. The summed E-state index contributed by atoms with van der Waals surface area (Å²) >= 11 is 0. The van der Waals surface area contributed by atoms with Crippen molar-refractivity contribution in [2.75, 3.05) is 5.32 Å². The van der Waals surface area contributed by atoms with E-state index < -0.39 is 0 Å². The molecule has 0 aliphatic rings. The quantitative estimate of drug-likeness (QED) is 0.587. The Morgan fingerprint density at radius 2 is 1.85 bits per heavy atom. The average molecular weight is 360 g/mol. The number of benzene rings is 2. The van der Waals surface area contributed by atoms with Crippen LogP contribution in [0.1, 0.15) is 6.42 Å². The molecule has 0 bridgehead atoms. The Hall–Kier alpha value is -3.81. The van der Waals surface area contributed by atoms with E-state index in [2.05, 4.69) is 20.5 Å². The third-order valence-electron chi connectivity index (χ3n) is 4.16. The lowest BCUT2D eigenvalue weighted by Gasteiger charge is -2.12. The Bertz CT molecular complexity index is 1150. The first kappa shape index (κ1) is 16.6. The molecule has 27 heavy (non-hydrogen) atoms. The Kier molecular flexibility index (Phi) is 4.44. The fourth-order valence-corrected chi connectivity index (χ4v) is 2.87. The van der Waals surface area contributed by atoms with Crippen molar-refractivity contribution in [1.82, 2.24) is 24.5 Å². The van der Waals surface area contributed by atoms with Gasteiger partial charge in [-0.3, -0.25) is 14.3 Å². The van der Waals surface area contributed by atoms with Gasteiger partial charge >= 0.3 is 0 Å². The van der Waals surface area contributed by atoms with E-state index in [0.29, 0.717) is 23.1 Å². The molecule has 0 saturated carbocycles. The van der Waals surface area contributed by atoms with E-state index in [1.165, 1.54) is 12.5 Å². The van der Waals surface area contributed by atoms with Crippen LogP contribution in [0.3, 0.4) is 0 Å². The van der Waals surface area contributed by atoms with Gasteiger partial charge in [0.05, 0.1) is 29.6 Å². The van der Waals surface area contributed by atoms with Gasteiger partial charge in [0.25, 0.3) is 0 Å². The summed E-state index contributed by atoms with van der Waals surface area (Å²) < 4.78 is 3.26. The van der Waals surface area contributed by atoms with Gasteiger partial charge in [-0.2, -0.15) is 10.2 Å². The normalized spacial score (nSPS) is 10.8. The molecule has 0 atom stereocenters. The number of nitrogens with zero attached hydrogens (tertiary/aromatic N) is 5. The SMILES string of the molecule is O=C(CCn1ncc(=O)c2ccccc21)Nc1ccccc1-n1cncn1. The first-order valence-electron chi connectivity index (χ1n) is 8.41. The van der Waals surface area contributed by atoms with Crippen LogP contribution < -0.4 is 10.7 Å². The molecule has 0 saturated heterocycles. The molecular formula is C19H16N6O2. The van der Waals surface area contributed by atoms with E-state index in [-0.39, 0.29) is 17.8 Å². The van der Waals surface area contributed by atoms with Crippen molar-refractivity contribution in [3.63, 3.8) is 0 Å². The number of aromatic nitrogens is 5. The van der Waals surface area contributed by atoms with Crippen LogP contribution in [-0.4, -0.2) is 30.5 Å². The molecule has 8 nitrogen and oxygen atoms in total. The van der Waals surface area contributed by atoms with Crippen LogP contribution in [0.4, 0.5) is 5.69 Å². The maximum absolute atomic E-state index is 12.5. The summed E-state index contributed by atoms with van der Waals surface area (Å²) in [7, 11) is 0. The zero-order chi connectivity index (χ0) is 18.6. The van der Waals surface area contributed by atoms with Crippen LogP contribution >= 0.6 is 0 Å². The highest BCUT2D eigenvalue weighted by molar-refractivity contribution is 5.92. The molecule has 0 spiro atoms. The summed E-state index contributed by atoms with van der Waals surface area (Å²) in [4.78, 5) is 28.3. The van der Waals surface area contributed by atoms with Gasteiger partial charge in [-0.1, -0.05) is 24.3 Å². The van der Waals surface area contributed by atoms with Gasteiger partial charge in [0.2, 0.25) is 11.3 Å². The van der Waals surface area contributed by atoms with Gasteiger partial charge in [0, 0.05) is 11.8 Å². The van der Waals surface area contributed by atoms with Crippen molar-refractivity contribution in [2.45, 2.75) is 13.0 Å². The molecule has 0 radical (unpaired) electrons. The lowest BCUT2D eigenvalue weighted by atomic mass is 10.2. The molecule has 1 amide bonds. The van der Waals surface area contributed by atoms with Crippen molar-refractivity contribution in [1.29, 1.82) is 0 Å². The van der Waals surface area contributed by atoms with Crippen molar-refractivity contribution >= 4 is 22.5 Å². The molecule has 1 N–H and O–H groups in total. The molecular weight excluding hydrogens is 344 g/mol. The second-order valence-corrected chi connectivity index (χ2v) is 5.90. The second kappa shape index (κ2) is 7.20. The van der Waals surface area contributed by atoms with Crippen LogP contribution in [0, 0.1) is 0 Å². The number of carbonyl (C=O) groups excluding carboxylic acids is 1. The number of anilines is 1. The number of para-hydroxylation sites is 3. The fourth-order valence-electron chi connectivity index (χ4n) is 2.87. The molecule has 0 unspecified atom stereocenters. The largest absolute Gasteiger partial charge is 0.324 e. The van der Waals surface area contributed by atoms with Gasteiger partial charge in [-0.05, 0) is 24.3 Å². The number of aryl methyl sites for hydroxylation is 1. The number of fused-ring (bicyclic) bond motifs is 1. The lowest BCUT2D eigenvalue weighted by molar-refractivity contribution is -0.116. The van der Waals surface area contributed by atoms with Gasteiger partial charge in [0.15, 0.2) is 0 Å². The monoisotopic (exact) mass is 360 g/mol. The second-order valence-electron chi connectivity index (χ2n) is 5.90. The van der Waals surface area contributed by atoms with Crippen LogP contribution in [0.25, 0.3) is 16.6 Å². The summed E-state index contributed by atoms with van der Waals surface area (Å²) in [6.07, 6.45) is 4.50. The molecule has 134 valence electrons. The molecule has 0 aliphatic heterocycles. The van der Waals surface area contributed by atoms with Gasteiger partial charge < -0.3 is 5.32 Å². The summed E-state index contributed by atoms with van der Waals surface area (Å²) in [6, 6.07) is 14.6. The predicted octanol–water partition coefficient (Wildman–Crippen LogP) is 2.01. The van der Waals surface area contributed by atoms with E-state index in [0.717, 1.165) is 5.69 Å². The summed E-state index contributed by atoms with van der Waals surface area (Å²) in [5.74, 6) is -0.160. The third-order valence-corrected chi connectivity index (χ3v) is 4.16. The lowest BCUT2D eigenvalue weighted by Crippen LogP contribution is -2.18. The maximum atomic E-state index is 12.5. The molecule has 4 aromatic rings. The minimum Gasteiger partial charge on any atom is -0.324 e. The van der Waals surface area contributed by atoms with Crippen molar-refractivity contribution in [2.24, 2.45) is 0 Å². The Morgan fingerprint density at radius 1 is 1.04 bits per heavy atom. The average Bonchev–Trinajstić information content (AvgIpc) is 3.23. The Morgan fingerprint density at radius 3 is 2.70 bits per heavy atom. The number of hydrogen-bond acceptors (Lipinski definition) is 5. The van der Waals surface area contributed by atoms with Crippen LogP contribution in [-0.2, 0) is 11.3 Å². The molecule has 2 heterocycles. The summed E-state index contributed by atoms with van der Waals surface area (Å²) in [6.45, 7) is 0.359. The standard InChI is InChI=1S/C19H16N6O2/c26-18-11-21-24(16-7-3-1-5-14(16)18)10-9-19(27)23-15-6-2-4-8-17(15)25-13-20-12-22-25/h1-8,11-13H,9-10H2,(H,23,27). The van der Waals surface area contributed by atoms with E-state index in [4.69, 9.17) is 0 Å². The van der Waals surface area contributed by atoms with E-state index in [9.17, 15) is 9.59 Å². The highest BCUT2D eigenvalue weighted by Gasteiger charge is 2.10. The fraction of sp³-hybridized carbons (Fsp3) is 0.105. The van der Waals surface area contributed by atoms with Crippen LogP contribution in [0.2, 0.25) is 0 Å². The van der Waals surface area contributed by atoms with Crippen molar-refractivity contribution < 1.29 is 4.79 Å². The molecule has 8 heteroatoms. The highest BCUT2D eigenvalue weighted by Crippen LogP contribution is 2.19. The Labute approximate surface area is 154 Å². The van der Waals surface area contributed by atoms with Gasteiger partial charge in [-0.25, -0.2) is 9.67 Å². The number of rotatable bonds is 5. The number of amides is 1. The van der Waals surface area contributed by atoms with Gasteiger partial charge in [0.1, 0.15) is 12.7 Å². The van der Waals surface area contributed by atoms with E-state index in [1.807, 2.05) is 42.5 Å². The molecule has 0 aliphatic carbocycles. The Balaban J connectivity index is 1.51. The molecule has 2 aromatic carbocycles. The van der Waals surface area contributed by atoms with E-state index in [1.54, 1.807) is 21.8 Å². The van der Waals surface area contributed by atoms with Gasteiger partial charge in [-0.15, -0.1) is 0 Å². The first-order chi connectivity index (χ1) is 13.2. The molecule has 0 fully saturated rings. The zero-order valence-corrected chi connectivity index (χ0v) is 14.3.